The molecule has 6 N–H and O–H groups in total. The Morgan fingerprint density at radius 2 is 1.69 bits per heavy atom. The number of phenolic OH excluding ortho intramolecular Hbond substituents is 1. The third-order valence-corrected chi connectivity index (χ3v) is 6.70. The van der Waals surface area contributed by atoms with Gasteiger partial charge in [-0.3, -0.25) is 19.8 Å². The summed E-state index contributed by atoms with van der Waals surface area (Å²) in [4.78, 5) is 49.2. The molecule has 2 aromatic rings. The fraction of sp³-hybridized carbons (Fsp3) is 0.292. The van der Waals surface area contributed by atoms with Crippen LogP contribution in [0.1, 0.15) is 34.3 Å². The van der Waals surface area contributed by atoms with E-state index in [1.54, 1.807) is 41.3 Å². The third kappa shape index (κ3) is 6.63. The average molecular weight is 592 g/mol. The molecule has 35 heavy (non-hydrogen) atoms. The standard InChI is InChI=1S/C24H25IN4O6/c25-17-11-13(1-6-19(17)30)12-18(26)22(32)28-21(27)15-2-4-16(5-3-15)23(33)29-9-7-14(8-10-29)20(31)24(34)35/h1-6,11,14,18,30H,7-10,12,26H2,(H,34,35)(H2,27,28,32)/t18-/m0/s1. The number of likely N-dealkylation sites (tertiary alicyclic amines) is 1. The number of ketones is 1. The van der Waals surface area contributed by atoms with Crippen LogP contribution in [0, 0.1) is 14.9 Å². The first-order valence-electron chi connectivity index (χ1n) is 10.9. The van der Waals surface area contributed by atoms with Crippen molar-refractivity contribution in [1.29, 1.82) is 5.41 Å². The van der Waals surface area contributed by atoms with E-state index in [9.17, 15) is 24.3 Å². The molecule has 1 aliphatic heterocycles. The summed E-state index contributed by atoms with van der Waals surface area (Å²) in [6.07, 6.45) is 0.835. The molecule has 1 heterocycles. The van der Waals surface area contributed by atoms with E-state index in [2.05, 4.69) is 5.32 Å². The van der Waals surface area contributed by atoms with Crippen molar-refractivity contribution < 1.29 is 29.4 Å². The number of rotatable bonds is 7. The van der Waals surface area contributed by atoms with E-state index in [-0.39, 0.29) is 37.0 Å². The zero-order valence-electron chi connectivity index (χ0n) is 18.7. The van der Waals surface area contributed by atoms with Crippen LogP contribution in [-0.4, -0.2) is 63.6 Å². The summed E-state index contributed by atoms with van der Waals surface area (Å²) in [5.74, 6) is -3.63. The highest BCUT2D eigenvalue weighted by atomic mass is 127. The molecular formula is C24H25IN4O6. The van der Waals surface area contributed by atoms with Gasteiger partial charge in [0, 0.05) is 30.1 Å². The minimum absolute atomic E-state index is 0.147. The maximum atomic E-state index is 12.7. The number of aromatic hydroxyl groups is 1. The second kappa shape index (κ2) is 11.4. The number of hydrogen-bond donors (Lipinski definition) is 5. The van der Waals surface area contributed by atoms with E-state index in [1.165, 1.54) is 6.07 Å². The normalized spacial score (nSPS) is 14.7. The number of hydrogen-bond acceptors (Lipinski definition) is 7. The van der Waals surface area contributed by atoms with Gasteiger partial charge < -0.3 is 26.2 Å². The second-order valence-corrected chi connectivity index (χ2v) is 9.44. The monoisotopic (exact) mass is 592 g/mol. The lowest BCUT2D eigenvalue weighted by atomic mass is 9.92. The van der Waals surface area contributed by atoms with E-state index in [0.29, 0.717) is 27.5 Å². The lowest BCUT2D eigenvalue weighted by Crippen LogP contribution is -2.44. The minimum atomic E-state index is -1.45. The van der Waals surface area contributed by atoms with E-state index in [1.807, 2.05) is 22.6 Å². The van der Waals surface area contributed by atoms with Crippen molar-refractivity contribution >= 4 is 52.0 Å². The number of nitrogens with one attached hydrogen (secondary N) is 2. The van der Waals surface area contributed by atoms with Crippen molar-refractivity contribution in [3.05, 3.63) is 62.7 Å². The van der Waals surface area contributed by atoms with Crippen LogP contribution in [0.25, 0.3) is 0 Å². The van der Waals surface area contributed by atoms with Gasteiger partial charge in [0.05, 0.1) is 9.61 Å². The molecular weight excluding hydrogens is 567 g/mol. The highest BCUT2D eigenvalue weighted by Gasteiger charge is 2.31. The molecule has 2 aromatic carbocycles. The summed E-state index contributed by atoms with van der Waals surface area (Å²) < 4.78 is 0.646. The Kier molecular flexibility index (Phi) is 8.57. The molecule has 184 valence electrons. The van der Waals surface area contributed by atoms with Crippen LogP contribution >= 0.6 is 22.6 Å². The zero-order chi connectivity index (χ0) is 25.7. The molecule has 0 radical (unpaired) electrons. The number of Topliss-reactive ketones (excluding diaryl/α,β-unsaturated/α-hetero) is 1. The summed E-state index contributed by atoms with van der Waals surface area (Å²) in [5.41, 5.74) is 7.54. The minimum Gasteiger partial charge on any atom is -0.507 e. The first kappa shape index (κ1) is 26.3. The van der Waals surface area contributed by atoms with E-state index < -0.39 is 29.6 Å². The van der Waals surface area contributed by atoms with Crippen molar-refractivity contribution in [3.63, 3.8) is 0 Å². The van der Waals surface area contributed by atoms with Crippen molar-refractivity contribution in [2.45, 2.75) is 25.3 Å². The quantitative estimate of drug-likeness (QED) is 0.140. The predicted octanol–water partition coefficient (Wildman–Crippen LogP) is 1.51. The Labute approximate surface area is 215 Å². The first-order valence-corrected chi connectivity index (χ1v) is 11.9. The number of amides is 2. The van der Waals surface area contributed by atoms with Crippen LogP contribution < -0.4 is 11.1 Å². The highest BCUT2D eigenvalue weighted by Crippen LogP contribution is 2.21. The number of carboxylic acid groups (broad SMARTS) is 1. The van der Waals surface area contributed by atoms with E-state index >= 15 is 0 Å². The van der Waals surface area contributed by atoms with Gasteiger partial charge in [-0.15, -0.1) is 0 Å². The number of benzene rings is 2. The van der Waals surface area contributed by atoms with Crippen molar-refractivity contribution in [2.24, 2.45) is 11.7 Å². The molecule has 11 heteroatoms. The van der Waals surface area contributed by atoms with Gasteiger partial charge in [0.2, 0.25) is 11.7 Å². The van der Waals surface area contributed by atoms with Gasteiger partial charge in [-0.05, 0) is 71.7 Å². The molecule has 1 aliphatic rings. The number of carbonyl (C=O) groups is 4. The molecule has 1 saturated heterocycles. The van der Waals surface area contributed by atoms with Gasteiger partial charge in [0.15, 0.2) is 0 Å². The number of phenols is 1. The first-order chi connectivity index (χ1) is 16.6. The van der Waals surface area contributed by atoms with Gasteiger partial charge in [-0.2, -0.15) is 0 Å². The molecule has 1 fully saturated rings. The largest absolute Gasteiger partial charge is 0.507 e. The van der Waals surface area contributed by atoms with Crippen molar-refractivity contribution in [2.75, 3.05) is 13.1 Å². The Morgan fingerprint density at radius 3 is 2.26 bits per heavy atom. The topological polar surface area (TPSA) is 174 Å². The van der Waals surface area contributed by atoms with Gasteiger partial charge in [0.1, 0.15) is 11.6 Å². The van der Waals surface area contributed by atoms with Crippen LogP contribution in [0.5, 0.6) is 5.75 Å². The van der Waals surface area contributed by atoms with Crippen LogP contribution in [0.3, 0.4) is 0 Å². The lowest BCUT2D eigenvalue weighted by molar-refractivity contribution is -0.151. The number of nitrogens with zero attached hydrogens (tertiary/aromatic N) is 1. The maximum Gasteiger partial charge on any atom is 0.372 e. The second-order valence-electron chi connectivity index (χ2n) is 8.27. The SMILES string of the molecule is N=C(NC(=O)[C@@H](N)Cc1ccc(O)c(I)c1)c1ccc(C(=O)N2CCC(C(=O)C(=O)O)CC2)cc1. The van der Waals surface area contributed by atoms with Gasteiger partial charge >= 0.3 is 5.97 Å². The summed E-state index contributed by atoms with van der Waals surface area (Å²) in [6.45, 7) is 0.572. The van der Waals surface area contributed by atoms with E-state index in [4.69, 9.17) is 16.2 Å². The number of carbonyl (C=O) groups excluding carboxylic acids is 3. The molecule has 0 bridgehead atoms. The molecule has 0 unspecified atom stereocenters. The van der Waals surface area contributed by atoms with Gasteiger partial charge in [-0.25, -0.2) is 4.79 Å². The van der Waals surface area contributed by atoms with Crippen LogP contribution in [0.15, 0.2) is 42.5 Å². The van der Waals surface area contributed by atoms with Crippen LogP contribution in [0.4, 0.5) is 0 Å². The maximum absolute atomic E-state index is 12.7. The highest BCUT2D eigenvalue weighted by molar-refractivity contribution is 14.1. The van der Waals surface area contributed by atoms with Crippen molar-refractivity contribution in [3.8, 4) is 5.75 Å². The number of carboxylic acids is 1. The number of nitrogens with two attached hydrogens (primary N) is 1. The average Bonchev–Trinajstić information content (AvgIpc) is 2.85. The Hall–Kier alpha value is -3.32. The van der Waals surface area contributed by atoms with Gasteiger partial charge in [-0.1, -0.05) is 18.2 Å². The van der Waals surface area contributed by atoms with Crippen LogP contribution in [0.2, 0.25) is 0 Å². The predicted molar refractivity (Wildman–Crippen MR) is 135 cm³/mol. The number of aliphatic carboxylic acids is 1. The summed E-state index contributed by atoms with van der Waals surface area (Å²) in [5, 5.41) is 29.1. The zero-order valence-corrected chi connectivity index (χ0v) is 20.8. The van der Waals surface area contributed by atoms with E-state index in [0.717, 1.165) is 5.56 Å². The number of halogens is 1. The summed E-state index contributed by atoms with van der Waals surface area (Å²) in [7, 11) is 0. The Balaban J connectivity index is 1.54. The molecule has 0 aliphatic carbocycles. The Bertz CT molecular complexity index is 1160. The fourth-order valence-electron chi connectivity index (χ4n) is 3.79. The summed E-state index contributed by atoms with van der Waals surface area (Å²) >= 11 is 1.98. The molecule has 10 nitrogen and oxygen atoms in total. The van der Waals surface area contributed by atoms with Crippen LogP contribution in [-0.2, 0) is 20.8 Å². The van der Waals surface area contributed by atoms with Crippen molar-refractivity contribution in [1.82, 2.24) is 10.2 Å². The Morgan fingerprint density at radius 1 is 1.09 bits per heavy atom. The van der Waals surface area contributed by atoms with Gasteiger partial charge in [0.25, 0.3) is 5.91 Å². The number of amidine groups is 1. The molecule has 0 aromatic heterocycles. The fourth-order valence-corrected chi connectivity index (χ4v) is 4.37. The molecule has 2 amide bonds. The molecule has 3 rings (SSSR count). The molecule has 0 saturated carbocycles. The third-order valence-electron chi connectivity index (χ3n) is 5.84. The smallest absolute Gasteiger partial charge is 0.372 e. The number of piperidine rings is 1. The summed E-state index contributed by atoms with van der Waals surface area (Å²) in [6, 6.07) is 10.2. The lowest BCUT2D eigenvalue weighted by Gasteiger charge is -2.30. The molecule has 0 spiro atoms. The molecule has 1 atom stereocenters.